The van der Waals surface area contributed by atoms with Crippen LogP contribution in [-0.4, -0.2) is 15.3 Å². The van der Waals surface area contributed by atoms with Crippen LogP contribution in [0, 0.1) is 0 Å². The lowest BCUT2D eigenvalue weighted by Crippen LogP contribution is -2.61. The Hall–Kier alpha value is -0.730. The number of halogens is 3. The molecule has 1 nitrogen and oxygen atoms in total. The molecule has 0 spiro atoms. The zero-order chi connectivity index (χ0) is 15.9. The molecule has 0 amide bonds. The number of benzene rings is 2. The Morgan fingerprint density at radius 3 is 1.86 bits per heavy atom. The molecule has 0 radical (unpaired) electrons. The molecule has 0 saturated carbocycles. The van der Waals surface area contributed by atoms with E-state index in [2.05, 4.69) is 30.9 Å². The van der Waals surface area contributed by atoms with E-state index in [9.17, 15) is 0 Å². The first kappa shape index (κ1) is 16.1. The van der Waals surface area contributed by atoms with Gasteiger partial charge in [-0.25, -0.2) is 0 Å². The number of hydrogen-bond acceptors (Lipinski definition) is 1. The highest BCUT2D eigenvalue weighted by Crippen LogP contribution is 2.62. The Morgan fingerprint density at radius 2 is 1.36 bits per heavy atom. The molecule has 2 aromatic carbocycles. The Kier molecular flexibility index (Phi) is 4.44. The highest BCUT2D eigenvalue weighted by molar-refractivity contribution is 6.50. The second kappa shape index (κ2) is 6.05. The summed E-state index contributed by atoms with van der Waals surface area (Å²) in [5.74, 6) is 0. The average Bonchev–Trinajstić information content (AvgIpc) is 2.48. The SMILES string of the molecule is CC(C)N1[C@@H](c2ccc(Cl)cc2)C(Cl)(Cl)[C@H]1c1ccccc1. The summed E-state index contributed by atoms with van der Waals surface area (Å²) >= 11 is 19.5. The van der Waals surface area contributed by atoms with E-state index in [0.29, 0.717) is 11.1 Å². The summed E-state index contributed by atoms with van der Waals surface area (Å²) in [5, 5.41) is 0.716. The first-order chi connectivity index (χ1) is 10.4. The summed E-state index contributed by atoms with van der Waals surface area (Å²) in [4.78, 5) is 2.36. The summed E-state index contributed by atoms with van der Waals surface area (Å²) in [5.41, 5.74) is 2.24. The second-order valence-electron chi connectivity index (χ2n) is 5.98. The minimum atomic E-state index is -0.862. The molecule has 22 heavy (non-hydrogen) atoms. The van der Waals surface area contributed by atoms with Crippen molar-refractivity contribution < 1.29 is 0 Å². The van der Waals surface area contributed by atoms with Crippen molar-refractivity contribution in [1.82, 2.24) is 4.90 Å². The zero-order valence-electron chi connectivity index (χ0n) is 12.5. The number of likely N-dealkylation sites (tertiary alicyclic amines) is 1. The van der Waals surface area contributed by atoms with Gasteiger partial charge in [-0.15, -0.1) is 0 Å². The van der Waals surface area contributed by atoms with Crippen LogP contribution in [0.15, 0.2) is 54.6 Å². The van der Waals surface area contributed by atoms with E-state index in [0.717, 1.165) is 11.1 Å². The van der Waals surface area contributed by atoms with E-state index in [1.54, 1.807) is 0 Å². The molecule has 0 unspecified atom stereocenters. The monoisotopic (exact) mass is 353 g/mol. The van der Waals surface area contributed by atoms with E-state index in [1.165, 1.54) is 0 Å². The zero-order valence-corrected chi connectivity index (χ0v) is 14.8. The van der Waals surface area contributed by atoms with Gasteiger partial charge in [0, 0.05) is 11.1 Å². The molecule has 2 aromatic rings. The van der Waals surface area contributed by atoms with Crippen molar-refractivity contribution in [2.75, 3.05) is 0 Å². The van der Waals surface area contributed by atoms with Crippen LogP contribution in [0.5, 0.6) is 0 Å². The molecule has 3 rings (SSSR count). The van der Waals surface area contributed by atoms with Gasteiger partial charge >= 0.3 is 0 Å². The second-order valence-corrected chi connectivity index (χ2v) is 7.86. The number of nitrogens with zero attached hydrogens (tertiary/aromatic N) is 1. The van der Waals surface area contributed by atoms with Gasteiger partial charge in [0.1, 0.15) is 0 Å². The van der Waals surface area contributed by atoms with Gasteiger partial charge in [-0.1, -0.05) is 77.3 Å². The fourth-order valence-electron chi connectivity index (χ4n) is 3.28. The summed E-state index contributed by atoms with van der Waals surface area (Å²) in [7, 11) is 0. The standard InChI is InChI=1S/C18H18Cl3N/c1-12(2)22-16(13-6-4-3-5-7-13)18(20,21)17(22)14-8-10-15(19)11-9-14/h3-12,16-17H,1-2H3/t16-,17+/m1/s1. The lowest BCUT2D eigenvalue weighted by molar-refractivity contribution is -0.0298. The average molecular weight is 355 g/mol. The Labute approximate surface area is 146 Å². The molecular formula is C18H18Cl3N. The Morgan fingerprint density at radius 1 is 0.864 bits per heavy atom. The Bertz CT molecular complexity index is 637. The normalized spacial score (nSPS) is 24.3. The van der Waals surface area contributed by atoms with Crippen molar-refractivity contribution in [3.05, 3.63) is 70.7 Å². The van der Waals surface area contributed by atoms with Crippen molar-refractivity contribution in [3.63, 3.8) is 0 Å². The third kappa shape index (κ3) is 2.65. The minimum Gasteiger partial charge on any atom is -0.281 e. The van der Waals surface area contributed by atoms with E-state index in [4.69, 9.17) is 34.8 Å². The molecule has 1 heterocycles. The third-order valence-electron chi connectivity index (χ3n) is 4.22. The van der Waals surface area contributed by atoms with Gasteiger partial charge in [0.15, 0.2) is 4.33 Å². The molecule has 0 aliphatic carbocycles. The van der Waals surface area contributed by atoms with Crippen molar-refractivity contribution in [1.29, 1.82) is 0 Å². The van der Waals surface area contributed by atoms with Gasteiger partial charge in [0.05, 0.1) is 12.1 Å². The molecule has 1 saturated heterocycles. The fourth-order valence-corrected chi connectivity index (χ4v) is 4.36. The first-order valence-electron chi connectivity index (χ1n) is 7.38. The molecule has 0 aromatic heterocycles. The summed E-state index contributed by atoms with van der Waals surface area (Å²) in [6.07, 6.45) is 0. The number of hydrogen-bond donors (Lipinski definition) is 0. The number of alkyl halides is 2. The van der Waals surface area contributed by atoms with Crippen molar-refractivity contribution >= 4 is 34.8 Å². The van der Waals surface area contributed by atoms with Crippen LogP contribution in [0.25, 0.3) is 0 Å². The van der Waals surface area contributed by atoms with Crippen LogP contribution in [0.2, 0.25) is 5.02 Å². The first-order valence-corrected chi connectivity index (χ1v) is 8.52. The van der Waals surface area contributed by atoms with Crippen LogP contribution >= 0.6 is 34.8 Å². The topological polar surface area (TPSA) is 3.24 Å². The predicted molar refractivity (Wildman–Crippen MR) is 94.8 cm³/mol. The van der Waals surface area contributed by atoms with Gasteiger partial charge in [0.25, 0.3) is 0 Å². The molecule has 116 valence electrons. The van der Waals surface area contributed by atoms with Crippen LogP contribution in [-0.2, 0) is 0 Å². The van der Waals surface area contributed by atoms with Gasteiger partial charge in [-0.05, 0) is 37.1 Å². The van der Waals surface area contributed by atoms with Crippen molar-refractivity contribution in [2.24, 2.45) is 0 Å². The smallest absolute Gasteiger partial charge is 0.157 e. The van der Waals surface area contributed by atoms with E-state index < -0.39 is 4.33 Å². The molecule has 1 aliphatic rings. The predicted octanol–water partition coefficient (Wildman–Crippen LogP) is 6.02. The molecule has 2 atom stereocenters. The fraction of sp³-hybridized carbons (Fsp3) is 0.333. The van der Waals surface area contributed by atoms with Crippen molar-refractivity contribution in [2.45, 2.75) is 36.3 Å². The number of rotatable bonds is 3. The van der Waals surface area contributed by atoms with Gasteiger partial charge in [-0.3, -0.25) is 4.90 Å². The molecule has 1 fully saturated rings. The van der Waals surface area contributed by atoms with Crippen LogP contribution in [0.4, 0.5) is 0 Å². The van der Waals surface area contributed by atoms with Gasteiger partial charge in [-0.2, -0.15) is 0 Å². The van der Waals surface area contributed by atoms with Crippen LogP contribution in [0.3, 0.4) is 0 Å². The molecule has 0 N–H and O–H groups in total. The third-order valence-corrected chi connectivity index (χ3v) is 5.30. The van der Waals surface area contributed by atoms with E-state index in [-0.39, 0.29) is 12.1 Å². The van der Waals surface area contributed by atoms with Crippen molar-refractivity contribution in [3.8, 4) is 0 Å². The van der Waals surface area contributed by atoms with E-state index in [1.807, 2.05) is 42.5 Å². The van der Waals surface area contributed by atoms with Crippen LogP contribution < -0.4 is 0 Å². The Balaban J connectivity index is 2.00. The van der Waals surface area contributed by atoms with Gasteiger partial charge in [0.2, 0.25) is 0 Å². The maximum Gasteiger partial charge on any atom is 0.157 e. The summed E-state index contributed by atoms with van der Waals surface area (Å²) < 4.78 is -0.862. The molecule has 4 heteroatoms. The van der Waals surface area contributed by atoms with E-state index >= 15 is 0 Å². The lowest BCUT2D eigenvalue weighted by Gasteiger charge is -2.59. The van der Waals surface area contributed by atoms with Crippen LogP contribution in [0.1, 0.15) is 37.1 Å². The summed E-state index contributed by atoms with van der Waals surface area (Å²) in [6.45, 7) is 4.34. The summed E-state index contributed by atoms with van der Waals surface area (Å²) in [6, 6.07) is 18.3. The molecular weight excluding hydrogens is 337 g/mol. The molecule has 0 bridgehead atoms. The lowest BCUT2D eigenvalue weighted by atomic mass is 9.81. The largest absolute Gasteiger partial charge is 0.281 e. The highest BCUT2D eigenvalue weighted by atomic mass is 35.5. The minimum absolute atomic E-state index is 0.0160. The maximum absolute atomic E-state index is 6.77. The maximum atomic E-state index is 6.77. The highest BCUT2D eigenvalue weighted by Gasteiger charge is 2.60. The van der Waals surface area contributed by atoms with Gasteiger partial charge < -0.3 is 0 Å². The quantitative estimate of drug-likeness (QED) is 0.609. The molecule has 1 aliphatic heterocycles.